The molecule has 1 rings (SSSR count). The molecular weight excluding hydrogens is 322 g/mol. The lowest BCUT2D eigenvalue weighted by atomic mass is 10.2. The van der Waals surface area contributed by atoms with Crippen molar-refractivity contribution in [3.05, 3.63) is 35.9 Å². The molecule has 0 bridgehead atoms. The Hall–Kier alpha value is -2.17. The molecule has 1 aromatic carbocycles. The molecule has 7 heteroatoms. The summed E-state index contributed by atoms with van der Waals surface area (Å²) in [5.74, 6) is -1.03. The summed E-state index contributed by atoms with van der Waals surface area (Å²) in [6.07, 6.45) is 0.109. The maximum absolute atomic E-state index is 12.4. The fourth-order valence-electron chi connectivity index (χ4n) is 2.39. The van der Waals surface area contributed by atoms with Crippen LogP contribution in [0.4, 0.5) is 0 Å². The lowest BCUT2D eigenvalue weighted by molar-refractivity contribution is -0.128. The van der Waals surface area contributed by atoms with Gasteiger partial charge in [0.05, 0.1) is 39.8 Å². The minimum atomic E-state index is -2.10. The number of hydrogen-bond acceptors (Lipinski definition) is 4. The van der Waals surface area contributed by atoms with Crippen molar-refractivity contribution in [1.29, 1.82) is 5.26 Å². The monoisotopic (exact) mass is 347 g/mol. The molecule has 0 aromatic heterocycles. The largest absolute Gasteiger partial charge is 0.375 e. The summed E-state index contributed by atoms with van der Waals surface area (Å²) in [4.78, 5) is 24.0. The number of nitrogens with zero attached hydrogens (tertiary/aromatic N) is 1. The maximum atomic E-state index is 12.4. The first kappa shape index (κ1) is 19.9. The Kier molecular flexibility index (Phi) is 7.62. The third-order valence-corrected chi connectivity index (χ3v) is 5.81. The summed E-state index contributed by atoms with van der Waals surface area (Å²) >= 11 is 0. The highest BCUT2D eigenvalue weighted by Crippen LogP contribution is 2.21. The zero-order chi connectivity index (χ0) is 18.2. The van der Waals surface area contributed by atoms with Gasteiger partial charge in [0.25, 0.3) is 0 Å². The van der Waals surface area contributed by atoms with E-state index < -0.39 is 31.5 Å². The fraction of sp³-hybridized carbons (Fsp3) is 0.471. The minimum absolute atomic E-state index is 0.109. The van der Waals surface area contributed by atoms with Gasteiger partial charge in [0, 0.05) is 0 Å². The van der Waals surface area contributed by atoms with E-state index in [0.29, 0.717) is 6.61 Å². The Morgan fingerprint density at radius 2 is 1.92 bits per heavy atom. The predicted molar refractivity (Wildman–Crippen MR) is 94.5 cm³/mol. The third-order valence-electron chi connectivity index (χ3n) is 3.53. The topological polar surface area (TPSA) is 105 Å². The van der Waals surface area contributed by atoms with Crippen molar-refractivity contribution in [3.8, 4) is 6.07 Å². The zero-order valence-corrected chi connectivity index (χ0v) is 15.4. The lowest BCUT2D eigenvalue weighted by Gasteiger charge is -2.27. The normalized spacial score (nSPS) is 13.6. The zero-order valence-electron chi connectivity index (χ0n) is 14.4. The number of carbonyl (C=O) groups is 2. The number of amides is 2. The van der Waals surface area contributed by atoms with Crippen molar-refractivity contribution in [3.63, 3.8) is 0 Å². The van der Waals surface area contributed by atoms with Gasteiger partial charge >= 0.3 is 0 Å². The molecule has 24 heavy (non-hydrogen) atoms. The second-order valence-corrected chi connectivity index (χ2v) is 12.1. The number of nitrogens with two attached hydrogens (primary N) is 1. The van der Waals surface area contributed by atoms with E-state index in [0.717, 1.165) is 5.56 Å². The van der Waals surface area contributed by atoms with Gasteiger partial charge in [-0.25, -0.2) is 0 Å². The van der Waals surface area contributed by atoms with Crippen LogP contribution in [0.25, 0.3) is 0 Å². The Morgan fingerprint density at radius 3 is 2.42 bits per heavy atom. The summed E-state index contributed by atoms with van der Waals surface area (Å²) in [6.45, 7) is 6.32. The number of nitrogens with one attached hydrogen (secondary N) is 1. The van der Waals surface area contributed by atoms with Crippen molar-refractivity contribution in [2.45, 2.75) is 44.3 Å². The van der Waals surface area contributed by atoms with Gasteiger partial charge in [0.2, 0.25) is 11.8 Å². The molecule has 2 amide bonds. The Balaban J connectivity index is 2.63. The van der Waals surface area contributed by atoms with Gasteiger partial charge in [-0.3, -0.25) is 9.59 Å². The van der Waals surface area contributed by atoms with Crippen LogP contribution in [0, 0.1) is 11.3 Å². The van der Waals surface area contributed by atoms with E-state index in [1.54, 1.807) is 0 Å². The van der Waals surface area contributed by atoms with Crippen molar-refractivity contribution < 1.29 is 14.3 Å². The molecule has 130 valence electrons. The Labute approximate surface area is 144 Å². The Morgan fingerprint density at radius 1 is 1.29 bits per heavy atom. The van der Waals surface area contributed by atoms with Gasteiger partial charge in [-0.2, -0.15) is 5.26 Å². The summed E-state index contributed by atoms with van der Waals surface area (Å²) in [7, 11) is -2.10. The van der Waals surface area contributed by atoms with Gasteiger partial charge in [0.15, 0.2) is 0 Å². The molecule has 6 nitrogen and oxygen atoms in total. The SMILES string of the molecule is C[Si](C)(C)[C@@H](C(N)=O)C(=O)NC(CC#N)COCc1ccccc1. The standard InChI is InChI=1S/C17H25N3O3Si/c1-24(2,3)15(16(19)21)17(22)20-14(9-10-18)12-23-11-13-7-5-4-6-8-13/h4-8,14-15H,9,11-12H2,1-3H3,(H2,19,21)(H,20,22)/t14?,15-/m0/s1. The van der Waals surface area contributed by atoms with Crippen LogP contribution in [0.5, 0.6) is 0 Å². The summed E-state index contributed by atoms with van der Waals surface area (Å²) < 4.78 is 5.59. The molecule has 1 unspecified atom stereocenters. The van der Waals surface area contributed by atoms with E-state index in [4.69, 9.17) is 15.7 Å². The maximum Gasteiger partial charge on any atom is 0.230 e. The smallest absolute Gasteiger partial charge is 0.230 e. The van der Waals surface area contributed by atoms with Crippen LogP contribution >= 0.6 is 0 Å². The van der Waals surface area contributed by atoms with Crippen LogP contribution in [0.15, 0.2) is 30.3 Å². The van der Waals surface area contributed by atoms with E-state index in [1.807, 2.05) is 56.0 Å². The van der Waals surface area contributed by atoms with E-state index in [-0.39, 0.29) is 13.0 Å². The van der Waals surface area contributed by atoms with Crippen molar-refractivity contribution in [2.75, 3.05) is 6.61 Å². The molecule has 0 fully saturated rings. The van der Waals surface area contributed by atoms with Crippen LogP contribution < -0.4 is 11.1 Å². The molecule has 0 saturated heterocycles. The minimum Gasteiger partial charge on any atom is -0.375 e. The van der Waals surface area contributed by atoms with Gasteiger partial charge in [-0.15, -0.1) is 0 Å². The first-order valence-electron chi connectivity index (χ1n) is 7.84. The molecular formula is C17H25N3O3Si. The van der Waals surface area contributed by atoms with E-state index in [2.05, 4.69) is 5.32 Å². The molecule has 3 N–H and O–H groups in total. The second kappa shape index (κ2) is 9.20. The predicted octanol–water partition coefficient (Wildman–Crippen LogP) is 1.80. The molecule has 0 aliphatic carbocycles. The molecule has 0 aliphatic rings. The molecule has 0 saturated carbocycles. The quantitative estimate of drug-likeness (QED) is 0.525. The van der Waals surface area contributed by atoms with Crippen LogP contribution in [0.1, 0.15) is 12.0 Å². The Bertz CT molecular complexity index is 593. The van der Waals surface area contributed by atoms with Gasteiger partial charge < -0.3 is 15.8 Å². The average Bonchev–Trinajstić information content (AvgIpc) is 2.46. The molecule has 0 radical (unpaired) electrons. The molecule has 1 aromatic rings. The number of rotatable bonds is 9. The number of ether oxygens (including phenoxy) is 1. The highest BCUT2D eigenvalue weighted by Gasteiger charge is 2.38. The molecule has 0 spiro atoms. The second-order valence-electron chi connectivity index (χ2n) is 6.77. The van der Waals surface area contributed by atoms with E-state index in [9.17, 15) is 9.59 Å². The van der Waals surface area contributed by atoms with Gasteiger partial charge in [-0.1, -0.05) is 50.0 Å². The first-order chi connectivity index (χ1) is 11.3. The van der Waals surface area contributed by atoms with Gasteiger partial charge in [-0.05, 0) is 5.56 Å². The van der Waals surface area contributed by atoms with Gasteiger partial charge in [0.1, 0.15) is 5.54 Å². The molecule has 0 heterocycles. The number of nitriles is 1. The summed E-state index contributed by atoms with van der Waals surface area (Å²) in [6, 6.07) is 11.2. The van der Waals surface area contributed by atoms with E-state index in [1.165, 1.54) is 0 Å². The van der Waals surface area contributed by atoms with Crippen molar-refractivity contribution >= 4 is 19.9 Å². The first-order valence-corrected chi connectivity index (χ1v) is 11.4. The lowest BCUT2D eigenvalue weighted by Crippen LogP contribution is -2.50. The van der Waals surface area contributed by atoms with Crippen LogP contribution in [-0.2, 0) is 20.9 Å². The number of benzene rings is 1. The number of carbonyl (C=O) groups excluding carboxylic acids is 2. The number of hydrogen-bond donors (Lipinski definition) is 2. The van der Waals surface area contributed by atoms with Crippen LogP contribution in [-0.4, -0.2) is 32.5 Å². The summed E-state index contributed by atoms with van der Waals surface area (Å²) in [5.41, 5.74) is 5.57. The average molecular weight is 347 g/mol. The third kappa shape index (κ3) is 6.52. The van der Waals surface area contributed by atoms with E-state index >= 15 is 0 Å². The van der Waals surface area contributed by atoms with Crippen molar-refractivity contribution in [1.82, 2.24) is 5.32 Å². The fourth-order valence-corrected chi connectivity index (χ4v) is 4.11. The molecule has 0 aliphatic heterocycles. The van der Waals surface area contributed by atoms with Crippen LogP contribution in [0.3, 0.4) is 0 Å². The highest BCUT2D eigenvalue weighted by atomic mass is 28.3. The summed E-state index contributed by atoms with van der Waals surface area (Å²) in [5, 5.41) is 11.7. The highest BCUT2D eigenvalue weighted by molar-refractivity contribution is 6.83. The number of primary amides is 1. The molecule has 2 atom stereocenters. The van der Waals surface area contributed by atoms with Crippen molar-refractivity contribution in [2.24, 2.45) is 5.73 Å². The van der Waals surface area contributed by atoms with Crippen LogP contribution in [0.2, 0.25) is 25.2 Å².